The second-order valence-corrected chi connectivity index (χ2v) is 6.81. The highest BCUT2D eigenvalue weighted by atomic mass is 19.1. The molecule has 0 bridgehead atoms. The average Bonchev–Trinajstić information content (AvgIpc) is 3.00. The maximum Gasteiger partial charge on any atom is 0.347 e. The summed E-state index contributed by atoms with van der Waals surface area (Å²) in [5.74, 6) is -4.25. The van der Waals surface area contributed by atoms with Crippen LogP contribution < -0.4 is 4.74 Å². The predicted molar refractivity (Wildman–Crippen MR) is 95.4 cm³/mol. The first-order valence-electron chi connectivity index (χ1n) is 8.52. The van der Waals surface area contributed by atoms with Gasteiger partial charge in [0.2, 0.25) is 6.10 Å². The molecule has 1 N–H and O–H groups in total. The summed E-state index contributed by atoms with van der Waals surface area (Å²) < 4.78 is 43.6. The van der Waals surface area contributed by atoms with Crippen molar-refractivity contribution in [3.8, 4) is 16.9 Å². The Labute approximate surface area is 163 Å². The molecule has 1 saturated heterocycles. The van der Waals surface area contributed by atoms with Crippen LogP contribution >= 0.6 is 0 Å². The first-order chi connectivity index (χ1) is 13.6. The number of rotatable bonds is 6. The molecule has 0 unspecified atom stereocenters. The number of hydrogen-bond donors (Lipinski definition) is 1. The minimum Gasteiger partial charge on any atom is -0.478 e. The van der Waals surface area contributed by atoms with Gasteiger partial charge in [-0.3, -0.25) is 10.1 Å². The van der Waals surface area contributed by atoms with E-state index in [2.05, 4.69) is 0 Å². The summed E-state index contributed by atoms with van der Waals surface area (Å²) in [6, 6.07) is 6.13. The van der Waals surface area contributed by atoms with Crippen LogP contribution in [0.4, 0.5) is 14.5 Å². The SMILES string of the molecule is CC1(C)OC[C@H]([C@H](Oc2ccc(-c3cc(F)ccc3F)cc2[N+](=O)[O-])C(=O)O)O1. The van der Waals surface area contributed by atoms with Gasteiger partial charge in [0, 0.05) is 11.6 Å². The Kier molecular flexibility index (Phi) is 5.49. The molecule has 1 fully saturated rings. The first kappa shape index (κ1) is 20.6. The Balaban J connectivity index is 1.95. The molecule has 0 spiro atoms. The van der Waals surface area contributed by atoms with Crippen LogP contribution in [-0.2, 0) is 14.3 Å². The number of nitro benzene ring substituents is 1. The standard InChI is InChI=1S/C19H17F2NO7/c1-19(2)27-9-16(29-19)17(18(23)24)28-15-6-3-10(7-14(15)22(25)26)12-8-11(20)4-5-13(12)21/h3-8,16-17H,9H2,1-2H3,(H,23,24)/t16-,17+/m1/s1. The van der Waals surface area contributed by atoms with E-state index in [0.29, 0.717) is 0 Å². The second-order valence-electron chi connectivity index (χ2n) is 6.81. The number of nitro groups is 1. The quantitative estimate of drug-likeness (QED) is 0.574. The summed E-state index contributed by atoms with van der Waals surface area (Å²) in [7, 11) is 0. The van der Waals surface area contributed by atoms with Crippen molar-refractivity contribution < 1.29 is 37.8 Å². The molecule has 0 saturated carbocycles. The van der Waals surface area contributed by atoms with Crippen LogP contribution in [-0.4, -0.2) is 40.6 Å². The van der Waals surface area contributed by atoms with E-state index in [-0.39, 0.29) is 23.5 Å². The third kappa shape index (κ3) is 4.49. The summed E-state index contributed by atoms with van der Waals surface area (Å²) in [6.07, 6.45) is -2.57. The van der Waals surface area contributed by atoms with Crippen molar-refractivity contribution in [2.24, 2.45) is 0 Å². The van der Waals surface area contributed by atoms with E-state index >= 15 is 0 Å². The molecule has 8 nitrogen and oxygen atoms in total. The average molecular weight is 409 g/mol. The number of carboxylic acid groups (broad SMARTS) is 1. The smallest absolute Gasteiger partial charge is 0.347 e. The van der Waals surface area contributed by atoms with Crippen LogP contribution in [0.25, 0.3) is 11.1 Å². The van der Waals surface area contributed by atoms with Crippen molar-refractivity contribution in [3.63, 3.8) is 0 Å². The third-order valence-corrected chi connectivity index (χ3v) is 4.26. The number of nitrogens with zero attached hydrogens (tertiary/aromatic N) is 1. The zero-order valence-electron chi connectivity index (χ0n) is 15.4. The molecule has 2 atom stereocenters. The fraction of sp³-hybridized carbons (Fsp3) is 0.316. The Morgan fingerprint density at radius 2 is 2.03 bits per heavy atom. The monoisotopic (exact) mass is 409 g/mol. The lowest BCUT2D eigenvalue weighted by molar-refractivity contribution is -0.386. The van der Waals surface area contributed by atoms with Gasteiger partial charge >= 0.3 is 11.7 Å². The largest absolute Gasteiger partial charge is 0.478 e. The van der Waals surface area contributed by atoms with Gasteiger partial charge in [0.05, 0.1) is 11.5 Å². The third-order valence-electron chi connectivity index (χ3n) is 4.26. The molecule has 0 radical (unpaired) electrons. The molecular formula is C19H17F2NO7. The summed E-state index contributed by atoms with van der Waals surface area (Å²) in [5.41, 5.74) is -0.742. The van der Waals surface area contributed by atoms with Gasteiger partial charge in [-0.05, 0) is 43.7 Å². The molecular weight excluding hydrogens is 392 g/mol. The zero-order chi connectivity index (χ0) is 21.3. The minimum absolute atomic E-state index is 0.0366. The molecule has 3 rings (SSSR count). The summed E-state index contributed by atoms with van der Waals surface area (Å²) in [4.78, 5) is 22.3. The maximum absolute atomic E-state index is 14.0. The van der Waals surface area contributed by atoms with Crippen molar-refractivity contribution in [3.05, 3.63) is 58.1 Å². The van der Waals surface area contributed by atoms with Crippen LogP contribution in [0.3, 0.4) is 0 Å². The van der Waals surface area contributed by atoms with E-state index in [1.165, 1.54) is 6.07 Å². The van der Waals surface area contributed by atoms with Gasteiger partial charge < -0.3 is 19.3 Å². The number of halogens is 2. The van der Waals surface area contributed by atoms with Crippen molar-refractivity contribution >= 4 is 11.7 Å². The Morgan fingerprint density at radius 1 is 1.31 bits per heavy atom. The lowest BCUT2D eigenvalue weighted by Gasteiger charge is -2.22. The van der Waals surface area contributed by atoms with E-state index in [4.69, 9.17) is 14.2 Å². The van der Waals surface area contributed by atoms with Gasteiger partial charge in [-0.2, -0.15) is 0 Å². The highest BCUT2D eigenvalue weighted by Gasteiger charge is 2.42. The van der Waals surface area contributed by atoms with Crippen LogP contribution in [0.5, 0.6) is 5.75 Å². The van der Waals surface area contributed by atoms with Gasteiger partial charge in [0.25, 0.3) is 0 Å². The fourth-order valence-electron chi connectivity index (χ4n) is 2.93. The van der Waals surface area contributed by atoms with Crippen LogP contribution in [0.1, 0.15) is 13.8 Å². The molecule has 2 aromatic rings. The molecule has 154 valence electrons. The minimum atomic E-state index is -1.58. The molecule has 29 heavy (non-hydrogen) atoms. The predicted octanol–water partition coefficient (Wildman–Crippen LogP) is 3.52. The molecule has 1 aliphatic heterocycles. The summed E-state index contributed by atoms with van der Waals surface area (Å²) in [6.45, 7) is 3.11. The summed E-state index contributed by atoms with van der Waals surface area (Å²) >= 11 is 0. The number of carbonyl (C=O) groups is 1. The lowest BCUT2D eigenvalue weighted by Crippen LogP contribution is -2.41. The van der Waals surface area contributed by atoms with Crippen LogP contribution in [0, 0.1) is 21.7 Å². The molecule has 10 heteroatoms. The number of benzene rings is 2. The van der Waals surface area contributed by atoms with Crippen LogP contribution in [0.15, 0.2) is 36.4 Å². The molecule has 0 aliphatic carbocycles. The molecule has 2 aromatic carbocycles. The Morgan fingerprint density at radius 3 is 2.62 bits per heavy atom. The van der Waals surface area contributed by atoms with E-state index in [1.54, 1.807) is 13.8 Å². The van der Waals surface area contributed by atoms with Gasteiger partial charge in [0.15, 0.2) is 11.5 Å². The highest BCUT2D eigenvalue weighted by molar-refractivity contribution is 5.75. The first-order valence-corrected chi connectivity index (χ1v) is 8.52. The van der Waals surface area contributed by atoms with Gasteiger partial charge in [0.1, 0.15) is 17.7 Å². The number of ether oxygens (including phenoxy) is 3. The van der Waals surface area contributed by atoms with Crippen molar-refractivity contribution in [1.82, 2.24) is 0 Å². The van der Waals surface area contributed by atoms with Crippen molar-refractivity contribution in [2.75, 3.05) is 6.61 Å². The molecule has 1 heterocycles. The highest BCUT2D eigenvalue weighted by Crippen LogP contribution is 2.35. The van der Waals surface area contributed by atoms with E-state index in [9.17, 15) is 28.8 Å². The van der Waals surface area contributed by atoms with E-state index in [0.717, 1.165) is 30.3 Å². The fourth-order valence-corrected chi connectivity index (χ4v) is 2.93. The topological polar surface area (TPSA) is 108 Å². The normalized spacial score (nSPS) is 19.0. The van der Waals surface area contributed by atoms with Crippen LogP contribution in [0.2, 0.25) is 0 Å². The lowest BCUT2D eigenvalue weighted by atomic mass is 10.0. The molecule has 1 aliphatic rings. The van der Waals surface area contributed by atoms with Gasteiger partial charge in [-0.1, -0.05) is 6.07 Å². The van der Waals surface area contributed by atoms with Crippen molar-refractivity contribution in [1.29, 1.82) is 0 Å². The summed E-state index contributed by atoms with van der Waals surface area (Å²) in [5, 5.41) is 21.0. The zero-order valence-corrected chi connectivity index (χ0v) is 15.4. The maximum atomic E-state index is 14.0. The Bertz CT molecular complexity index is 964. The Hall–Kier alpha value is -3.11. The van der Waals surface area contributed by atoms with E-state index in [1.807, 2.05) is 0 Å². The molecule has 0 amide bonds. The number of aliphatic carboxylic acids is 1. The van der Waals surface area contributed by atoms with E-state index < -0.39 is 46.2 Å². The van der Waals surface area contributed by atoms with Gasteiger partial charge in [-0.15, -0.1) is 0 Å². The molecule has 0 aromatic heterocycles. The number of carboxylic acids is 1. The van der Waals surface area contributed by atoms with Gasteiger partial charge in [-0.25, -0.2) is 13.6 Å². The second kappa shape index (κ2) is 7.72. The number of hydrogen-bond acceptors (Lipinski definition) is 6. The van der Waals surface area contributed by atoms with Crippen molar-refractivity contribution in [2.45, 2.75) is 31.8 Å².